The molecule has 0 fully saturated rings. The van der Waals surface area contributed by atoms with Crippen LogP contribution >= 0.6 is 11.6 Å². The first-order valence-electron chi connectivity index (χ1n) is 8.36. The minimum absolute atomic E-state index is 0.0416. The van der Waals surface area contributed by atoms with Gasteiger partial charge >= 0.3 is 6.03 Å². The number of benzene rings is 1. The van der Waals surface area contributed by atoms with Gasteiger partial charge in [0.05, 0.1) is 5.56 Å². The van der Waals surface area contributed by atoms with Gasteiger partial charge in [0, 0.05) is 50.3 Å². The molecule has 0 aliphatic carbocycles. The van der Waals surface area contributed by atoms with Crippen LogP contribution < -0.4 is 5.32 Å². The molecule has 3 amide bonds. The Morgan fingerprint density at radius 1 is 1.27 bits per heavy atom. The largest absolute Gasteiger partial charge is 0.331 e. The van der Waals surface area contributed by atoms with E-state index in [-0.39, 0.29) is 11.9 Å². The number of nitrogens with zero attached hydrogens (tertiary/aromatic N) is 3. The fraction of sp³-hybridized carbons (Fsp3) is 0.316. The molecular formula is C19H21ClN4O2. The number of fused-ring (bicyclic) bond motifs is 1. The predicted octanol–water partition coefficient (Wildman–Crippen LogP) is 3.34. The number of hydrogen-bond acceptors (Lipinski definition) is 3. The molecule has 2 aromatic rings. The van der Waals surface area contributed by atoms with E-state index < -0.39 is 0 Å². The SMILES string of the molecule is Cc1ccc(Cl)cc1NC(=O)c1cncc2c1CCN(C(=O)N(C)C)C2. The van der Waals surface area contributed by atoms with Crippen molar-refractivity contribution in [1.29, 1.82) is 0 Å². The highest BCUT2D eigenvalue weighted by molar-refractivity contribution is 6.31. The number of hydrogen-bond donors (Lipinski definition) is 1. The van der Waals surface area contributed by atoms with Gasteiger partial charge < -0.3 is 15.1 Å². The number of anilines is 1. The molecule has 0 saturated heterocycles. The summed E-state index contributed by atoms with van der Waals surface area (Å²) in [5.74, 6) is -0.216. The van der Waals surface area contributed by atoms with Crippen LogP contribution in [0.1, 0.15) is 27.0 Å². The zero-order valence-corrected chi connectivity index (χ0v) is 15.8. The first-order valence-corrected chi connectivity index (χ1v) is 8.74. The van der Waals surface area contributed by atoms with Crippen LogP contribution in [0.2, 0.25) is 5.02 Å². The molecule has 1 aromatic heterocycles. The lowest BCUT2D eigenvalue weighted by molar-refractivity contribution is 0.102. The van der Waals surface area contributed by atoms with Gasteiger partial charge in [-0.2, -0.15) is 0 Å². The molecule has 7 heteroatoms. The van der Waals surface area contributed by atoms with E-state index in [0.29, 0.717) is 35.8 Å². The molecule has 1 aromatic carbocycles. The molecule has 0 radical (unpaired) electrons. The number of halogens is 1. The van der Waals surface area contributed by atoms with Crippen LogP contribution in [-0.2, 0) is 13.0 Å². The number of aromatic nitrogens is 1. The highest BCUT2D eigenvalue weighted by atomic mass is 35.5. The van der Waals surface area contributed by atoms with Gasteiger partial charge in [0.15, 0.2) is 0 Å². The third-order valence-electron chi connectivity index (χ3n) is 4.49. The zero-order valence-electron chi connectivity index (χ0n) is 15.0. The fourth-order valence-corrected chi connectivity index (χ4v) is 3.23. The molecule has 6 nitrogen and oxygen atoms in total. The quantitative estimate of drug-likeness (QED) is 0.879. The maximum Gasteiger partial charge on any atom is 0.319 e. The average molecular weight is 373 g/mol. The topological polar surface area (TPSA) is 65.5 Å². The second-order valence-electron chi connectivity index (χ2n) is 6.59. The molecule has 3 rings (SSSR count). The van der Waals surface area contributed by atoms with E-state index >= 15 is 0 Å². The Kier molecular flexibility index (Phi) is 5.13. The maximum atomic E-state index is 12.8. The molecule has 0 unspecified atom stereocenters. The Hall–Kier alpha value is -2.60. The Labute approximate surface area is 157 Å². The molecule has 1 N–H and O–H groups in total. The Bertz CT molecular complexity index is 867. The second-order valence-corrected chi connectivity index (χ2v) is 7.02. The molecule has 1 aliphatic heterocycles. The van der Waals surface area contributed by atoms with E-state index in [4.69, 9.17) is 11.6 Å². The van der Waals surface area contributed by atoms with Crippen molar-refractivity contribution in [3.63, 3.8) is 0 Å². The van der Waals surface area contributed by atoms with Crippen LogP contribution in [0.15, 0.2) is 30.6 Å². The van der Waals surface area contributed by atoms with Crippen LogP contribution in [-0.4, -0.2) is 47.4 Å². The standard InChI is InChI=1S/C19H21ClN4O2/c1-12-4-5-14(20)8-17(12)22-18(25)16-10-21-9-13-11-24(7-6-15(13)16)19(26)23(2)3/h4-5,8-10H,6-7,11H2,1-3H3,(H,22,25). The second kappa shape index (κ2) is 7.33. The number of carbonyl (C=O) groups excluding carboxylic acids is 2. The van der Waals surface area contributed by atoms with Crippen molar-refractivity contribution in [2.24, 2.45) is 0 Å². The summed E-state index contributed by atoms with van der Waals surface area (Å²) in [4.78, 5) is 32.5. The van der Waals surface area contributed by atoms with E-state index in [9.17, 15) is 9.59 Å². The van der Waals surface area contributed by atoms with Crippen molar-refractivity contribution in [1.82, 2.24) is 14.8 Å². The Morgan fingerprint density at radius 2 is 2.04 bits per heavy atom. The van der Waals surface area contributed by atoms with E-state index in [1.165, 1.54) is 0 Å². The highest BCUT2D eigenvalue weighted by Gasteiger charge is 2.25. The molecule has 0 saturated carbocycles. The summed E-state index contributed by atoms with van der Waals surface area (Å²) < 4.78 is 0. The van der Waals surface area contributed by atoms with E-state index in [1.54, 1.807) is 48.4 Å². The van der Waals surface area contributed by atoms with Crippen LogP contribution in [0.3, 0.4) is 0 Å². The Morgan fingerprint density at radius 3 is 2.77 bits per heavy atom. The third kappa shape index (κ3) is 3.65. The van der Waals surface area contributed by atoms with Crippen LogP contribution in [0.4, 0.5) is 10.5 Å². The number of amides is 3. The molecular weight excluding hydrogens is 352 g/mol. The molecule has 0 spiro atoms. The summed E-state index contributed by atoms with van der Waals surface area (Å²) >= 11 is 6.03. The molecule has 136 valence electrons. The number of carbonyl (C=O) groups is 2. The van der Waals surface area contributed by atoms with Crippen LogP contribution in [0.25, 0.3) is 0 Å². The van der Waals surface area contributed by atoms with Gasteiger partial charge in [0.1, 0.15) is 0 Å². The van der Waals surface area contributed by atoms with Gasteiger partial charge in [0.25, 0.3) is 5.91 Å². The minimum atomic E-state index is -0.216. The van der Waals surface area contributed by atoms with Crippen molar-refractivity contribution in [2.75, 3.05) is 26.0 Å². The minimum Gasteiger partial charge on any atom is -0.331 e. The van der Waals surface area contributed by atoms with Gasteiger partial charge in [0.2, 0.25) is 0 Å². The first kappa shape index (κ1) is 18.2. The lowest BCUT2D eigenvalue weighted by atomic mass is 9.96. The van der Waals surface area contributed by atoms with Crippen molar-refractivity contribution < 1.29 is 9.59 Å². The summed E-state index contributed by atoms with van der Waals surface area (Å²) in [6, 6.07) is 5.34. The van der Waals surface area contributed by atoms with E-state index in [2.05, 4.69) is 10.3 Å². The number of urea groups is 1. The lowest BCUT2D eigenvalue weighted by Gasteiger charge is -2.31. The molecule has 2 heterocycles. The normalized spacial score (nSPS) is 13.2. The monoisotopic (exact) mass is 372 g/mol. The molecule has 26 heavy (non-hydrogen) atoms. The van der Waals surface area contributed by atoms with Gasteiger partial charge in [-0.05, 0) is 42.2 Å². The van der Waals surface area contributed by atoms with Gasteiger partial charge in [-0.15, -0.1) is 0 Å². The predicted molar refractivity (Wildman–Crippen MR) is 102 cm³/mol. The number of rotatable bonds is 2. The van der Waals surface area contributed by atoms with E-state index in [1.807, 2.05) is 13.0 Å². The highest BCUT2D eigenvalue weighted by Crippen LogP contribution is 2.25. The first-order chi connectivity index (χ1) is 12.4. The summed E-state index contributed by atoms with van der Waals surface area (Å²) in [6.07, 6.45) is 3.93. The van der Waals surface area contributed by atoms with Crippen molar-refractivity contribution in [3.05, 3.63) is 57.9 Å². The van der Waals surface area contributed by atoms with Gasteiger partial charge in [-0.3, -0.25) is 9.78 Å². The lowest BCUT2D eigenvalue weighted by Crippen LogP contribution is -2.42. The van der Waals surface area contributed by atoms with Crippen LogP contribution in [0.5, 0.6) is 0 Å². The summed E-state index contributed by atoms with van der Waals surface area (Å²) in [6.45, 7) is 2.94. The fourth-order valence-electron chi connectivity index (χ4n) is 3.05. The van der Waals surface area contributed by atoms with Gasteiger partial charge in [-0.1, -0.05) is 17.7 Å². The summed E-state index contributed by atoms with van der Waals surface area (Å²) in [5, 5.41) is 3.48. The van der Waals surface area contributed by atoms with Crippen molar-refractivity contribution >= 4 is 29.2 Å². The maximum absolute atomic E-state index is 12.8. The number of nitrogens with one attached hydrogen (secondary N) is 1. The molecule has 1 aliphatic rings. The van der Waals surface area contributed by atoms with Crippen molar-refractivity contribution in [3.8, 4) is 0 Å². The Balaban J connectivity index is 1.84. The summed E-state index contributed by atoms with van der Waals surface area (Å²) in [5.41, 5.74) is 4.00. The molecule has 0 bridgehead atoms. The summed E-state index contributed by atoms with van der Waals surface area (Å²) in [7, 11) is 3.46. The number of pyridine rings is 1. The molecule has 0 atom stereocenters. The van der Waals surface area contributed by atoms with Crippen LogP contribution in [0, 0.1) is 6.92 Å². The van der Waals surface area contributed by atoms with Crippen molar-refractivity contribution in [2.45, 2.75) is 19.9 Å². The number of aryl methyl sites for hydroxylation is 1. The zero-order chi connectivity index (χ0) is 18.8. The average Bonchev–Trinajstić information content (AvgIpc) is 2.62. The smallest absolute Gasteiger partial charge is 0.319 e. The van der Waals surface area contributed by atoms with Gasteiger partial charge in [-0.25, -0.2) is 4.79 Å². The third-order valence-corrected chi connectivity index (χ3v) is 4.72. The van der Waals surface area contributed by atoms with E-state index in [0.717, 1.165) is 16.7 Å².